The van der Waals surface area contributed by atoms with Crippen LogP contribution in [0.25, 0.3) is 0 Å². The Bertz CT molecular complexity index is 930. The van der Waals surface area contributed by atoms with Crippen molar-refractivity contribution in [3.05, 3.63) is 70.7 Å². The number of halogens is 2. The van der Waals surface area contributed by atoms with Gasteiger partial charge in [0.25, 0.3) is 0 Å². The van der Waals surface area contributed by atoms with Gasteiger partial charge in [0.05, 0.1) is 6.07 Å². The van der Waals surface area contributed by atoms with Crippen molar-refractivity contribution >= 4 is 29.2 Å². The molecule has 3 unspecified atom stereocenters. The van der Waals surface area contributed by atoms with E-state index in [9.17, 15) is 10.1 Å². The third-order valence-electron chi connectivity index (χ3n) is 4.89. The predicted octanol–water partition coefficient (Wildman–Crippen LogP) is 5.97. The fraction of sp³-hybridized carbons (Fsp3) is 0.273. The molecule has 3 atom stereocenters. The molecule has 28 heavy (non-hydrogen) atoms. The van der Waals surface area contributed by atoms with E-state index < -0.39 is 11.9 Å². The fourth-order valence-corrected chi connectivity index (χ4v) is 3.40. The Morgan fingerprint density at radius 1 is 1.14 bits per heavy atom. The van der Waals surface area contributed by atoms with Crippen LogP contribution in [0.3, 0.4) is 0 Å². The number of hydrogen-bond acceptors (Lipinski definition) is 4. The molecule has 0 aromatic heterocycles. The normalized spacial score (nSPS) is 20.4. The molecule has 0 amide bonds. The zero-order chi connectivity index (χ0) is 20.3. The maximum absolute atomic E-state index is 12.6. The van der Waals surface area contributed by atoms with Crippen LogP contribution in [0.15, 0.2) is 65.2 Å². The van der Waals surface area contributed by atoms with Crippen molar-refractivity contribution < 1.29 is 14.3 Å². The molecule has 0 spiro atoms. The molecule has 0 radical (unpaired) electrons. The Morgan fingerprint density at radius 2 is 1.82 bits per heavy atom. The van der Waals surface area contributed by atoms with Gasteiger partial charge in [-0.2, -0.15) is 5.26 Å². The van der Waals surface area contributed by atoms with E-state index in [2.05, 4.69) is 0 Å². The number of benzene rings is 2. The van der Waals surface area contributed by atoms with Gasteiger partial charge in [-0.05, 0) is 35.9 Å². The van der Waals surface area contributed by atoms with Gasteiger partial charge in [-0.15, -0.1) is 0 Å². The average molecular weight is 416 g/mol. The highest BCUT2D eigenvalue weighted by Crippen LogP contribution is 2.56. The van der Waals surface area contributed by atoms with Crippen LogP contribution in [0.4, 0.5) is 0 Å². The summed E-state index contributed by atoms with van der Waals surface area (Å²) in [5.41, 5.74) is 0.241. The van der Waals surface area contributed by atoms with Crippen molar-refractivity contribution in [2.45, 2.75) is 25.9 Å². The molecule has 0 aliphatic heterocycles. The van der Waals surface area contributed by atoms with Gasteiger partial charge in [0.2, 0.25) is 0 Å². The van der Waals surface area contributed by atoms with Crippen LogP contribution in [0.5, 0.6) is 11.5 Å². The maximum atomic E-state index is 12.6. The Hall–Kier alpha value is -2.48. The van der Waals surface area contributed by atoms with E-state index in [4.69, 9.17) is 32.7 Å². The first kappa shape index (κ1) is 20.3. The fourth-order valence-electron chi connectivity index (χ4n) is 3.13. The highest BCUT2D eigenvalue weighted by atomic mass is 35.5. The Labute approximate surface area is 174 Å². The number of carbonyl (C=O) groups excluding carboxylic acids is 1. The molecular weight excluding hydrogens is 397 g/mol. The van der Waals surface area contributed by atoms with Crippen LogP contribution in [0.1, 0.15) is 25.3 Å². The van der Waals surface area contributed by atoms with Gasteiger partial charge in [0.1, 0.15) is 22.1 Å². The van der Waals surface area contributed by atoms with Gasteiger partial charge in [-0.25, -0.2) is 0 Å². The lowest BCUT2D eigenvalue weighted by Crippen LogP contribution is -2.18. The molecule has 2 aromatic carbocycles. The van der Waals surface area contributed by atoms with Crippen molar-refractivity contribution in [2.24, 2.45) is 11.3 Å². The zero-order valence-corrected chi connectivity index (χ0v) is 16.9. The smallest absolute Gasteiger partial charge is 0.328 e. The largest absolute Gasteiger partial charge is 0.460 e. The van der Waals surface area contributed by atoms with E-state index in [1.165, 1.54) is 0 Å². The molecule has 6 heteroatoms. The van der Waals surface area contributed by atoms with Crippen LogP contribution in [-0.4, -0.2) is 12.1 Å². The molecule has 1 aliphatic rings. The first-order chi connectivity index (χ1) is 13.3. The van der Waals surface area contributed by atoms with E-state index in [1.807, 2.05) is 50.2 Å². The number of carbonyl (C=O) groups is 1. The number of rotatable bonds is 6. The number of esters is 1. The number of nitriles is 1. The van der Waals surface area contributed by atoms with Gasteiger partial charge in [-0.3, -0.25) is 4.79 Å². The maximum Gasteiger partial charge on any atom is 0.328 e. The van der Waals surface area contributed by atoms with Crippen molar-refractivity contribution in [1.82, 2.24) is 0 Å². The molecule has 0 saturated heterocycles. The Balaban J connectivity index is 1.73. The summed E-state index contributed by atoms with van der Waals surface area (Å²) in [5, 5.41) is 9.56. The summed E-state index contributed by atoms with van der Waals surface area (Å²) < 4.78 is 11.5. The summed E-state index contributed by atoms with van der Waals surface area (Å²) in [6.07, 6.45) is 1.30. The third-order valence-corrected chi connectivity index (χ3v) is 5.15. The SMILES string of the molecule is CC1(C)C(C=C(Cl)Cl)C1OC(=O)C(C#N)c1cccc(Oc2ccccc2)c1. The molecule has 1 fully saturated rings. The van der Waals surface area contributed by atoms with Crippen molar-refractivity contribution in [1.29, 1.82) is 5.26 Å². The molecule has 0 N–H and O–H groups in total. The zero-order valence-electron chi connectivity index (χ0n) is 15.4. The molecule has 144 valence electrons. The summed E-state index contributed by atoms with van der Waals surface area (Å²) in [4.78, 5) is 12.6. The van der Waals surface area contributed by atoms with Crippen molar-refractivity contribution in [3.63, 3.8) is 0 Å². The van der Waals surface area contributed by atoms with Crippen LogP contribution in [0, 0.1) is 22.7 Å². The van der Waals surface area contributed by atoms with Gasteiger partial charge in [0, 0.05) is 11.3 Å². The average Bonchev–Trinajstić information content (AvgIpc) is 3.15. The molecule has 2 aromatic rings. The van der Waals surface area contributed by atoms with E-state index in [-0.39, 0.29) is 21.9 Å². The Kier molecular flexibility index (Phi) is 5.98. The first-order valence-corrected chi connectivity index (χ1v) is 9.54. The molecule has 1 aliphatic carbocycles. The highest BCUT2D eigenvalue weighted by Gasteiger charge is 2.60. The summed E-state index contributed by atoms with van der Waals surface area (Å²) in [6.45, 7) is 3.91. The Morgan fingerprint density at radius 3 is 2.46 bits per heavy atom. The number of hydrogen-bond donors (Lipinski definition) is 0. The van der Waals surface area contributed by atoms with Crippen molar-refractivity contribution in [2.75, 3.05) is 0 Å². The second-order valence-electron chi connectivity index (χ2n) is 7.21. The standard InChI is InChI=1S/C22H19Cl2NO3/c1-22(2)18(12-19(23)24)20(22)28-21(26)17(13-25)14-7-6-10-16(11-14)27-15-8-4-3-5-9-15/h3-12,17-18,20H,1-2H3. The molecule has 3 rings (SSSR count). The monoisotopic (exact) mass is 415 g/mol. The topological polar surface area (TPSA) is 59.3 Å². The van der Waals surface area contributed by atoms with E-state index in [0.717, 1.165) is 0 Å². The lowest BCUT2D eigenvalue weighted by Gasteiger charge is -2.12. The second-order valence-corrected chi connectivity index (χ2v) is 8.22. The van der Waals surface area contributed by atoms with E-state index in [0.29, 0.717) is 17.1 Å². The minimum absolute atomic E-state index is 0.0754. The molecular formula is C22H19Cl2NO3. The second kappa shape index (κ2) is 8.26. The number of para-hydroxylation sites is 1. The highest BCUT2D eigenvalue weighted by molar-refractivity contribution is 6.55. The number of ether oxygens (including phenoxy) is 2. The van der Waals surface area contributed by atoms with Crippen molar-refractivity contribution in [3.8, 4) is 17.6 Å². The molecule has 4 nitrogen and oxygen atoms in total. The van der Waals surface area contributed by atoms with Crippen LogP contribution in [-0.2, 0) is 9.53 Å². The summed E-state index contributed by atoms with van der Waals surface area (Å²) >= 11 is 11.5. The lowest BCUT2D eigenvalue weighted by molar-refractivity contribution is -0.146. The van der Waals surface area contributed by atoms with E-state index in [1.54, 1.807) is 30.3 Å². The molecule has 0 bridgehead atoms. The summed E-state index contributed by atoms with van der Waals surface area (Å²) in [6, 6.07) is 18.2. The quantitative estimate of drug-likeness (QED) is 0.544. The number of nitrogens with zero attached hydrogens (tertiary/aromatic N) is 1. The van der Waals surface area contributed by atoms with E-state index >= 15 is 0 Å². The summed E-state index contributed by atoms with van der Waals surface area (Å²) in [7, 11) is 0. The van der Waals surface area contributed by atoms with Crippen LogP contribution >= 0.6 is 23.2 Å². The van der Waals surface area contributed by atoms with Gasteiger partial charge in [0.15, 0.2) is 5.92 Å². The van der Waals surface area contributed by atoms with Gasteiger partial charge >= 0.3 is 5.97 Å². The minimum Gasteiger partial charge on any atom is -0.460 e. The third kappa shape index (κ3) is 4.49. The summed E-state index contributed by atoms with van der Waals surface area (Å²) in [5.74, 6) is -0.513. The lowest BCUT2D eigenvalue weighted by atomic mass is 10.0. The predicted molar refractivity (Wildman–Crippen MR) is 108 cm³/mol. The minimum atomic E-state index is -1.05. The molecule has 1 saturated carbocycles. The van der Waals surface area contributed by atoms with Crippen LogP contribution < -0.4 is 4.74 Å². The first-order valence-electron chi connectivity index (χ1n) is 8.78. The molecule has 0 heterocycles. The van der Waals surface area contributed by atoms with Crippen LogP contribution in [0.2, 0.25) is 0 Å². The van der Waals surface area contributed by atoms with Gasteiger partial charge < -0.3 is 9.47 Å². The van der Waals surface area contributed by atoms with Gasteiger partial charge in [-0.1, -0.05) is 67.4 Å².